The Kier molecular flexibility index (Phi) is 4.54. The zero-order valence-corrected chi connectivity index (χ0v) is 12.6. The molecule has 1 saturated heterocycles. The third kappa shape index (κ3) is 3.27. The van der Waals surface area contributed by atoms with Crippen molar-refractivity contribution in [2.24, 2.45) is 5.92 Å². The van der Waals surface area contributed by atoms with Gasteiger partial charge in [0.25, 0.3) is 0 Å². The number of nitrogen functional groups attached to an aromatic ring is 1. The Morgan fingerprint density at radius 3 is 2.65 bits per heavy atom. The zero-order valence-electron chi connectivity index (χ0n) is 10.5. The highest BCUT2D eigenvalue weighted by molar-refractivity contribution is 14.1. The normalized spacial score (nSPS) is 17.4. The average molecular weight is 344 g/mol. The number of anilines is 2. The first-order valence-corrected chi connectivity index (χ1v) is 7.58. The van der Waals surface area contributed by atoms with E-state index in [4.69, 9.17) is 5.73 Å². The molecular formula is C14H21IN2. The predicted octanol–water partition coefficient (Wildman–Crippen LogP) is 3.89. The van der Waals surface area contributed by atoms with Crippen LogP contribution in [-0.4, -0.2) is 13.1 Å². The van der Waals surface area contributed by atoms with Crippen molar-refractivity contribution in [3.63, 3.8) is 0 Å². The lowest BCUT2D eigenvalue weighted by Crippen LogP contribution is -2.34. The molecule has 1 fully saturated rings. The van der Waals surface area contributed by atoms with E-state index in [0.29, 0.717) is 0 Å². The van der Waals surface area contributed by atoms with Crippen LogP contribution in [0.15, 0.2) is 18.2 Å². The molecule has 1 heterocycles. The first-order valence-electron chi connectivity index (χ1n) is 6.50. The Labute approximate surface area is 118 Å². The Hall–Kier alpha value is -0.450. The monoisotopic (exact) mass is 344 g/mol. The van der Waals surface area contributed by atoms with Crippen LogP contribution in [0.2, 0.25) is 0 Å². The summed E-state index contributed by atoms with van der Waals surface area (Å²) in [6, 6.07) is 6.24. The first kappa shape index (κ1) is 13.0. The lowest BCUT2D eigenvalue weighted by Gasteiger charge is -2.34. The van der Waals surface area contributed by atoms with Gasteiger partial charge in [0.05, 0.1) is 5.69 Å². The van der Waals surface area contributed by atoms with Crippen molar-refractivity contribution >= 4 is 34.0 Å². The second kappa shape index (κ2) is 5.94. The van der Waals surface area contributed by atoms with E-state index in [1.54, 1.807) is 0 Å². The minimum Gasteiger partial charge on any atom is -0.399 e. The fourth-order valence-corrected chi connectivity index (χ4v) is 3.53. The molecule has 1 aliphatic heterocycles. The molecule has 0 aliphatic carbocycles. The molecule has 1 aliphatic rings. The summed E-state index contributed by atoms with van der Waals surface area (Å²) in [5.41, 5.74) is 8.01. The zero-order chi connectivity index (χ0) is 12.3. The minimum absolute atomic E-state index is 0.860. The topological polar surface area (TPSA) is 29.3 Å². The third-order valence-corrected chi connectivity index (χ3v) is 4.49. The smallest absolute Gasteiger partial charge is 0.0503 e. The number of halogens is 1. The summed E-state index contributed by atoms with van der Waals surface area (Å²) in [4.78, 5) is 2.51. The third-order valence-electron chi connectivity index (χ3n) is 3.62. The standard InChI is InChI=1S/C14H21IN2/c1-2-3-11-6-8-17(9-7-11)14-5-4-12(16)10-13(14)15/h4-5,10-11H,2-3,6-9,16H2,1H3. The second-order valence-electron chi connectivity index (χ2n) is 4.93. The number of piperidine rings is 1. The lowest BCUT2D eigenvalue weighted by atomic mass is 9.92. The van der Waals surface area contributed by atoms with E-state index in [1.165, 1.54) is 48.0 Å². The number of hydrogen-bond acceptors (Lipinski definition) is 2. The van der Waals surface area contributed by atoms with Crippen LogP contribution in [0, 0.1) is 9.49 Å². The van der Waals surface area contributed by atoms with Crippen molar-refractivity contribution in [2.45, 2.75) is 32.6 Å². The Morgan fingerprint density at radius 1 is 1.35 bits per heavy atom. The van der Waals surface area contributed by atoms with E-state index in [-0.39, 0.29) is 0 Å². The van der Waals surface area contributed by atoms with Crippen molar-refractivity contribution < 1.29 is 0 Å². The van der Waals surface area contributed by atoms with Gasteiger partial charge in [0.1, 0.15) is 0 Å². The molecule has 0 unspecified atom stereocenters. The summed E-state index contributed by atoms with van der Waals surface area (Å²) in [6.45, 7) is 4.68. The van der Waals surface area contributed by atoms with Crippen molar-refractivity contribution in [1.82, 2.24) is 0 Å². The molecule has 2 nitrogen and oxygen atoms in total. The SMILES string of the molecule is CCCC1CCN(c2ccc(N)cc2I)CC1. The van der Waals surface area contributed by atoms with Gasteiger partial charge in [-0.2, -0.15) is 0 Å². The molecule has 1 aromatic rings. The summed E-state index contributed by atoms with van der Waals surface area (Å²) in [7, 11) is 0. The van der Waals surface area contributed by atoms with Gasteiger partial charge in [-0.1, -0.05) is 19.8 Å². The molecule has 0 atom stereocenters. The molecule has 2 N–H and O–H groups in total. The fourth-order valence-electron chi connectivity index (χ4n) is 2.65. The molecule has 0 saturated carbocycles. The van der Waals surface area contributed by atoms with Gasteiger partial charge in [-0.25, -0.2) is 0 Å². The van der Waals surface area contributed by atoms with Gasteiger partial charge in [0, 0.05) is 22.3 Å². The van der Waals surface area contributed by atoms with Gasteiger partial charge in [-0.15, -0.1) is 0 Å². The molecule has 0 spiro atoms. The van der Waals surface area contributed by atoms with E-state index in [9.17, 15) is 0 Å². The maximum atomic E-state index is 5.80. The number of benzene rings is 1. The maximum Gasteiger partial charge on any atom is 0.0503 e. The first-order chi connectivity index (χ1) is 8.20. The second-order valence-corrected chi connectivity index (χ2v) is 6.09. The minimum atomic E-state index is 0.860. The molecular weight excluding hydrogens is 323 g/mol. The van der Waals surface area contributed by atoms with Gasteiger partial charge in [0.15, 0.2) is 0 Å². The average Bonchev–Trinajstić information content (AvgIpc) is 2.31. The van der Waals surface area contributed by atoms with E-state index in [1.807, 2.05) is 6.07 Å². The summed E-state index contributed by atoms with van der Waals surface area (Å²) < 4.78 is 1.27. The van der Waals surface area contributed by atoms with E-state index in [0.717, 1.165) is 11.6 Å². The van der Waals surface area contributed by atoms with Crippen LogP contribution >= 0.6 is 22.6 Å². The molecule has 0 bridgehead atoms. The van der Waals surface area contributed by atoms with E-state index >= 15 is 0 Å². The quantitative estimate of drug-likeness (QED) is 0.666. The number of rotatable bonds is 3. The summed E-state index contributed by atoms with van der Waals surface area (Å²) in [6.07, 6.45) is 5.40. The van der Waals surface area contributed by atoms with Crippen LogP contribution in [0.1, 0.15) is 32.6 Å². The van der Waals surface area contributed by atoms with E-state index < -0.39 is 0 Å². The molecule has 3 heteroatoms. The molecule has 94 valence electrons. The Bertz CT molecular complexity index is 370. The van der Waals surface area contributed by atoms with E-state index in [2.05, 4.69) is 46.5 Å². The summed E-state index contributed by atoms with van der Waals surface area (Å²) >= 11 is 2.39. The predicted molar refractivity (Wildman–Crippen MR) is 83.4 cm³/mol. The van der Waals surface area contributed by atoms with Crippen LogP contribution in [0.5, 0.6) is 0 Å². The number of nitrogens with zero attached hydrogens (tertiary/aromatic N) is 1. The molecule has 17 heavy (non-hydrogen) atoms. The molecule has 0 aromatic heterocycles. The summed E-state index contributed by atoms with van der Waals surface area (Å²) in [5, 5.41) is 0. The Balaban J connectivity index is 2.00. The summed E-state index contributed by atoms with van der Waals surface area (Å²) in [5.74, 6) is 0.947. The van der Waals surface area contributed by atoms with Gasteiger partial charge >= 0.3 is 0 Å². The maximum absolute atomic E-state index is 5.80. The van der Waals surface area contributed by atoms with Crippen LogP contribution in [0.25, 0.3) is 0 Å². The number of nitrogens with two attached hydrogens (primary N) is 1. The van der Waals surface area contributed by atoms with Crippen molar-refractivity contribution in [3.05, 3.63) is 21.8 Å². The van der Waals surface area contributed by atoms with Gasteiger partial charge in [-0.3, -0.25) is 0 Å². The molecule has 0 amide bonds. The van der Waals surface area contributed by atoms with Crippen LogP contribution < -0.4 is 10.6 Å². The highest BCUT2D eigenvalue weighted by Crippen LogP contribution is 2.30. The van der Waals surface area contributed by atoms with Crippen LogP contribution in [-0.2, 0) is 0 Å². The largest absolute Gasteiger partial charge is 0.399 e. The highest BCUT2D eigenvalue weighted by Gasteiger charge is 2.19. The Morgan fingerprint density at radius 2 is 2.06 bits per heavy atom. The van der Waals surface area contributed by atoms with Gasteiger partial charge in [0.2, 0.25) is 0 Å². The highest BCUT2D eigenvalue weighted by atomic mass is 127. The van der Waals surface area contributed by atoms with Gasteiger partial charge < -0.3 is 10.6 Å². The van der Waals surface area contributed by atoms with Crippen molar-refractivity contribution in [2.75, 3.05) is 23.7 Å². The molecule has 0 radical (unpaired) electrons. The van der Waals surface area contributed by atoms with Crippen LogP contribution in [0.3, 0.4) is 0 Å². The van der Waals surface area contributed by atoms with Crippen molar-refractivity contribution in [1.29, 1.82) is 0 Å². The number of hydrogen-bond donors (Lipinski definition) is 1. The van der Waals surface area contributed by atoms with Crippen molar-refractivity contribution in [3.8, 4) is 0 Å². The molecule has 1 aromatic carbocycles. The lowest BCUT2D eigenvalue weighted by molar-refractivity contribution is 0.378. The van der Waals surface area contributed by atoms with Crippen LogP contribution in [0.4, 0.5) is 11.4 Å². The fraction of sp³-hybridized carbons (Fsp3) is 0.571. The van der Waals surface area contributed by atoms with Gasteiger partial charge in [-0.05, 0) is 59.5 Å². The molecule has 2 rings (SSSR count).